The van der Waals surface area contributed by atoms with Gasteiger partial charge >= 0.3 is 12.1 Å². The molecule has 2 amide bonds. The Balaban J connectivity index is 1.32. The third-order valence-electron chi connectivity index (χ3n) is 8.21. The van der Waals surface area contributed by atoms with Crippen LogP contribution in [0.1, 0.15) is 43.2 Å². The first-order valence-corrected chi connectivity index (χ1v) is 14.8. The van der Waals surface area contributed by atoms with Gasteiger partial charge in [-0.15, -0.1) is 0 Å². The SMILES string of the molecule is COC(=O)Nc1cc(-c2cccc(CN(CCC(=O)O)C(=O)C3CC3)c2)ccc1N1CCC(Cc2ccccc2)CC1. The molecular formula is C34H39N3O5. The van der Waals surface area contributed by atoms with E-state index >= 15 is 0 Å². The van der Waals surface area contributed by atoms with E-state index in [0.717, 1.165) is 67.6 Å². The number of hydrogen-bond acceptors (Lipinski definition) is 5. The van der Waals surface area contributed by atoms with E-state index in [1.165, 1.54) is 12.7 Å². The molecule has 2 fully saturated rings. The molecule has 1 aliphatic carbocycles. The molecule has 1 saturated heterocycles. The van der Waals surface area contributed by atoms with Gasteiger partial charge in [0, 0.05) is 32.1 Å². The van der Waals surface area contributed by atoms with Crippen molar-refractivity contribution < 1.29 is 24.2 Å². The first-order valence-electron chi connectivity index (χ1n) is 14.8. The van der Waals surface area contributed by atoms with E-state index in [1.807, 2.05) is 30.3 Å². The molecule has 42 heavy (non-hydrogen) atoms. The first kappa shape index (κ1) is 29.2. The zero-order valence-electron chi connectivity index (χ0n) is 24.1. The van der Waals surface area contributed by atoms with Crippen LogP contribution in [0.3, 0.4) is 0 Å². The summed E-state index contributed by atoms with van der Waals surface area (Å²) in [6.45, 7) is 2.37. The normalized spacial score (nSPS) is 15.2. The number of carbonyl (C=O) groups is 3. The molecule has 1 aliphatic heterocycles. The molecule has 0 bridgehead atoms. The molecule has 3 aromatic carbocycles. The molecule has 0 radical (unpaired) electrons. The number of carbonyl (C=O) groups excluding carboxylic acids is 2. The summed E-state index contributed by atoms with van der Waals surface area (Å²) in [6.07, 6.45) is 4.38. The van der Waals surface area contributed by atoms with Crippen molar-refractivity contribution >= 4 is 29.3 Å². The van der Waals surface area contributed by atoms with Gasteiger partial charge in [-0.3, -0.25) is 14.9 Å². The summed E-state index contributed by atoms with van der Waals surface area (Å²) < 4.78 is 4.93. The summed E-state index contributed by atoms with van der Waals surface area (Å²) in [5, 5.41) is 12.1. The highest BCUT2D eigenvalue weighted by atomic mass is 16.5. The summed E-state index contributed by atoms with van der Waals surface area (Å²) in [6, 6.07) is 24.6. The Bertz CT molecular complexity index is 1400. The topological polar surface area (TPSA) is 99.2 Å². The van der Waals surface area contributed by atoms with Crippen LogP contribution in [0.4, 0.5) is 16.2 Å². The molecule has 3 aromatic rings. The summed E-state index contributed by atoms with van der Waals surface area (Å²) in [5.74, 6) is -0.235. The maximum absolute atomic E-state index is 12.8. The van der Waals surface area contributed by atoms with Crippen LogP contribution in [0.15, 0.2) is 72.8 Å². The molecule has 1 saturated carbocycles. The number of aliphatic carboxylic acids is 1. The summed E-state index contributed by atoms with van der Waals surface area (Å²) in [4.78, 5) is 40.3. The molecule has 8 heteroatoms. The Morgan fingerprint density at radius 2 is 1.62 bits per heavy atom. The van der Waals surface area contributed by atoms with Crippen molar-refractivity contribution in [2.24, 2.45) is 11.8 Å². The zero-order valence-corrected chi connectivity index (χ0v) is 24.1. The molecule has 0 spiro atoms. The Morgan fingerprint density at radius 3 is 2.31 bits per heavy atom. The second-order valence-electron chi connectivity index (χ2n) is 11.3. The van der Waals surface area contributed by atoms with E-state index < -0.39 is 12.1 Å². The number of carboxylic acid groups (broad SMARTS) is 1. The molecule has 1 heterocycles. The van der Waals surface area contributed by atoms with Gasteiger partial charge < -0.3 is 19.6 Å². The predicted molar refractivity (Wildman–Crippen MR) is 163 cm³/mol. The van der Waals surface area contributed by atoms with Crippen LogP contribution >= 0.6 is 0 Å². The number of nitrogens with one attached hydrogen (secondary N) is 1. The largest absolute Gasteiger partial charge is 0.481 e. The van der Waals surface area contributed by atoms with Crippen molar-refractivity contribution in [1.82, 2.24) is 4.90 Å². The molecule has 8 nitrogen and oxygen atoms in total. The minimum atomic E-state index is -0.913. The second kappa shape index (κ2) is 13.6. The number of anilines is 2. The highest BCUT2D eigenvalue weighted by molar-refractivity contribution is 5.91. The van der Waals surface area contributed by atoms with Crippen LogP contribution in [0, 0.1) is 11.8 Å². The van der Waals surface area contributed by atoms with Gasteiger partial charge in [0.25, 0.3) is 0 Å². The summed E-state index contributed by atoms with van der Waals surface area (Å²) in [7, 11) is 1.36. The smallest absolute Gasteiger partial charge is 0.411 e. The van der Waals surface area contributed by atoms with E-state index in [0.29, 0.717) is 18.2 Å². The number of hydrogen-bond donors (Lipinski definition) is 2. The van der Waals surface area contributed by atoms with Crippen LogP contribution in [0.5, 0.6) is 0 Å². The highest BCUT2D eigenvalue weighted by Crippen LogP contribution is 2.36. The maximum atomic E-state index is 12.8. The Morgan fingerprint density at radius 1 is 0.905 bits per heavy atom. The van der Waals surface area contributed by atoms with Crippen LogP contribution in [0.2, 0.25) is 0 Å². The third kappa shape index (κ3) is 7.69. The molecule has 2 aliphatic rings. The number of ether oxygens (including phenoxy) is 1. The van der Waals surface area contributed by atoms with Gasteiger partial charge in [-0.25, -0.2) is 4.79 Å². The lowest BCUT2D eigenvalue weighted by molar-refractivity contribution is -0.139. The van der Waals surface area contributed by atoms with Gasteiger partial charge in [0.15, 0.2) is 0 Å². The number of rotatable bonds is 11. The van der Waals surface area contributed by atoms with Crippen molar-refractivity contribution in [3.63, 3.8) is 0 Å². The first-order chi connectivity index (χ1) is 20.4. The van der Waals surface area contributed by atoms with Gasteiger partial charge in [0.2, 0.25) is 5.91 Å². The van der Waals surface area contributed by atoms with Crippen LogP contribution in [0.25, 0.3) is 11.1 Å². The molecule has 220 valence electrons. The minimum absolute atomic E-state index is 0.0184. The molecule has 5 rings (SSSR count). The summed E-state index contributed by atoms with van der Waals surface area (Å²) in [5.41, 5.74) is 5.84. The summed E-state index contributed by atoms with van der Waals surface area (Å²) >= 11 is 0. The minimum Gasteiger partial charge on any atom is -0.481 e. The van der Waals surface area contributed by atoms with E-state index in [2.05, 4.69) is 52.7 Å². The second-order valence-corrected chi connectivity index (χ2v) is 11.3. The predicted octanol–water partition coefficient (Wildman–Crippen LogP) is 6.20. The monoisotopic (exact) mass is 569 g/mol. The zero-order chi connectivity index (χ0) is 29.5. The maximum Gasteiger partial charge on any atom is 0.411 e. The van der Waals surface area contributed by atoms with Crippen molar-refractivity contribution in [1.29, 1.82) is 0 Å². The fourth-order valence-electron chi connectivity index (χ4n) is 5.73. The van der Waals surface area contributed by atoms with Gasteiger partial charge in [0.05, 0.1) is 24.9 Å². The molecule has 2 N–H and O–H groups in total. The molecule has 0 atom stereocenters. The Labute approximate surface area is 247 Å². The average Bonchev–Trinajstić information content (AvgIpc) is 3.86. The van der Waals surface area contributed by atoms with Crippen LogP contribution in [-0.4, -0.2) is 54.7 Å². The Kier molecular flexibility index (Phi) is 9.41. The van der Waals surface area contributed by atoms with Crippen molar-refractivity contribution in [3.8, 4) is 11.1 Å². The number of amides is 2. The van der Waals surface area contributed by atoms with Gasteiger partial charge in [-0.2, -0.15) is 0 Å². The number of piperidine rings is 1. The van der Waals surface area contributed by atoms with Gasteiger partial charge in [0.1, 0.15) is 0 Å². The number of carboxylic acids is 1. The quantitative estimate of drug-likeness (QED) is 0.285. The molecule has 0 aromatic heterocycles. The van der Waals surface area contributed by atoms with Gasteiger partial charge in [-0.1, -0.05) is 54.6 Å². The lowest BCUT2D eigenvalue weighted by Crippen LogP contribution is -2.35. The third-order valence-corrected chi connectivity index (χ3v) is 8.21. The standard InChI is InChI=1S/C34H39N3O5/c1-42-34(41)35-30-22-29(12-13-31(30)36-17-14-25(15-18-36)20-24-6-3-2-4-7-24)28-9-5-8-26(21-28)23-37(19-16-32(38)39)33(40)27-10-11-27/h2-9,12-13,21-22,25,27H,10-11,14-20,23H2,1H3,(H,35,41)(H,38,39). The van der Waals surface area contributed by atoms with Crippen LogP contribution < -0.4 is 10.2 Å². The van der Waals surface area contributed by atoms with E-state index in [-0.39, 0.29) is 24.8 Å². The fourth-order valence-corrected chi connectivity index (χ4v) is 5.73. The van der Waals surface area contributed by atoms with E-state index in [1.54, 1.807) is 4.90 Å². The lowest BCUT2D eigenvalue weighted by Gasteiger charge is -2.35. The molecular weight excluding hydrogens is 530 g/mol. The van der Waals surface area contributed by atoms with Gasteiger partial charge in [-0.05, 0) is 78.5 Å². The Hall–Kier alpha value is -4.33. The van der Waals surface area contributed by atoms with Crippen molar-refractivity contribution in [2.75, 3.05) is 37.0 Å². The van der Waals surface area contributed by atoms with E-state index in [4.69, 9.17) is 4.74 Å². The number of methoxy groups -OCH3 is 1. The fraction of sp³-hybridized carbons (Fsp3) is 0.382. The highest BCUT2D eigenvalue weighted by Gasteiger charge is 2.33. The van der Waals surface area contributed by atoms with Crippen molar-refractivity contribution in [3.05, 3.63) is 83.9 Å². The van der Waals surface area contributed by atoms with Crippen molar-refractivity contribution in [2.45, 2.75) is 45.1 Å². The average molecular weight is 570 g/mol. The lowest BCUT2D eigenvalue weighted by atomic mass is 9.90. The van der Waals surface area contributed by atoms with Crippen LogP contribution in [-0.2, 0) is 27.3 Å². The van der Waals surface area contributed by atoms with E-state index in [9.17, 15) is 19.5 Å². The number of benzene rings is 3. The molecule has 0 unspecified atom stereocenters. The number of nitrogens with zero attached hydrogens (tertiary/aromatic N) is 2.